The van der Waals surface area contributed by atoms with Crippen LogP contribution >= 0.6 is 0 Å². The number of amides is 1. The van der Waals surface area contributed by atoms with Crippen LogP contribution < -0.4 is 10.6 Å². The van der Waals surface area contributed by atoms with Crippen LogP contribution in [0.5, 0.6) is 0 Å². The molecule has 0 radical (unpaired) electrons. The van der Waals surface area contributed by atoms with E-state index < -0.39 is 0 Å². The van der Waals surface area contributed by atoms with E-state index in [1.165, 1.54) is 24.8 Å². The Morgan fingerprint density at radius 1 is 1.06 bits per heavy atom. The molecule has 0 aromatic carbocycles. The number of carbonyl (C=O) groups is 1. The van der Waals surface area contributed by atoms with Crippen LogP contribution in [0.2, 0.25) is 0 Å². The van der Waals surface area contributed by atoms with E-state index in [2.05, 4.69) is 54.9 Å². The number of aromatic nitrogens is 4. The lowest BCUT2D eigenvalue weighted by Gasteiger charge is -2.42. The highest BCUT2D eigenvalue weighted by molar-refractivity contribution is 5.99. The third kappa shape index (κ3) is 4.35. The van der Waals surface area contributed by atoms with E-state index in [-0.39, 0.29) is 11.4 Å². The third-order valence-electron chi connectivity index (χ3n) is 8.22. The van der Waals surface area contributed by atoms with Gasteiger partial charge in [-0.25, -0.2) is 9.97 Å². The fourth-order valence-corrected chi connectivity index (χ4v) is 6.12. The molecule has 9 nitrogen and oxygen atoms in total. The SMILES string of the molecule is CC(C)N1CCN(Cc2ccc(Nc3ncc4cc5n(c4n3)C3(CCCCC3)CNC5=O)nc2)CC1. The summed E-state index contributed by atoms with van der Waals surface area (Å²) < 4.78 is 2.20. The first-order valence-electron chi connectivity index (χ1n) is 13.4. The minimum atomic E-state index is -0.0879. The molecule has 1 saturated heterocycles. The average molecular weight is 489 g/mol. The maximum atomic E-state index is 12.7. The van der Waals surface area contributed by atoms with Crippen molar-refractivity contribution in [2.75, 3.05) is 38.0 Å². The lowest BCUT2D eigenvalue weighted by atomic mass is 9.80. The smallest absolute Gasteiger partial charge is 0.268 e. The van der Waals surface area contributed by atoms with Gasteiger partial charge in [-0.05, 0) is 44.4 Å². The van der Waals surface area contributed by atoms with Crippen LogP contribution in [-0.4, -0.2) is 74.0 Å². The molecule has 1 amide bonds. The Morgan fingerprint density at radius 2 is 1.86 bits per heavy atom. The molecule has 0 atom stereocenters. The fraction of sp³-hybridized carbons (Fsp3) is 0.556. The number of piperazine rings is 1. The summed E-state index contributed by atoms with van der Waals surface area (Å²) in [6.45, 7) is 10.5. The van der Waals surface area contributed by atoms with Crippen molar-refractivity contribution in [1.29, 1.82) is 0 Å². The lowest BCUT2D eigenvalue weighted by Crippen LogP contribution is -2.52. The first-order chi connectivity index (χ1) is 17.5. The van der Waals surface area contributed by atoms with Gasteiger partial charge in [0.15, 0.2) is 0 Å². The van der Waals surface area contributed by atoms with Crippen molar-refractivity contribution in [3.63, 3.8) is 0 Å². The highest BCUT2D eigenvalue weighted by atomic mass is 16.2. The minimum Gasteiger partial charge on any atom is -0.348 e. The van der Waals surface area contributed by atoms with Crippen molar-refractivity contribution in [1.82, 2.24) is 34.6 Å². The number of anilines is 2. The number of fused-ring (bicyclic) bond motifs is 4. The molecule has 0 unspecified atom stereocenters. The van der Waals surface area contributed by atoms with Crippen molar-refractivity contribution in [2.45, 2.75) is 64.1 Å². The first kappa shape index (κ1) is 23.4. The average Bonchev–Trinajstić information content (AvgIpc) is 3.29. The molecule has 2 N–H and O–H groups in total. The molecule has 6 rings (SSSR count). The van der Waals surface area contributed by atoms with Crippen molar-refractivity contribution in [3.8, 4) is 0 Å². The molecule has 2 fully saturated rings. The standard InChI is InChI=1S/C27H36N8O/c1-19(2)34-12-10-33(11-13-34)17-20-6-7-23(28-15-20)31-26-29-16-21-14-22-25(36)30-18-27(8-4-3-5-9-27)35(22)24(21)32-26/h6-7,14-16,19H,3-5,8-13,17-18H2,1-2H3,(H,30,36)(H,28,29,31,32). The van der Waals surface area contributed by atoms with Crippen LogP contribution in [0.1, 0.15) is 62.0 Å². The van der Waals surface area contributed by atoms with Gasteiger partial charge in [-0.3, -0.25) is 14.6 Å². The van der Waals surface area contributed by atoms with E-state index in [4.69, 9.17) is 4.98 Å². The lowest BCUT2D eigenvalue weighted by molar-refractivity contribution is 0.0833. The predicted octanol–water partition coefficient (Wildman–Crippen LogP) is 3.50. The van der Waals surface area contributed by atoms with Crippen LogP contribution in [0.15, 0.2) is 30.6 Å². The third-order valence-corrected chi connectivity index (χ3v) is 8.22. The molecule has 0 bridgehead atoms. The Balaban J connectivity index is 1.19. The van der Waals surface area contributed by atoms with E-state index in [1.54, 1.807) is 0 Å². The van der Waals surface area contributed by atoms with Crippen LogP contribution in [0.25, 0.3) is 11.0 Å². The van der Waals surface area contributed by atoms with Crippen molar-refractivity contribution >= 4 is 28.7 Å². The molecule has 3 aromatic heterocycles. The highest BCUT2D eigenvalue weighted by Crippen LogP contribution is 2.40. The molecule has 36 heavy (non-hydrogen) atoms. The summed E-state index contributed by atoms with van der Waals surface area (Å²) >= 11 is 0. The van der Waals surface area contributed by atoms with Crippen LogP contribution in [0.3, 0.4) is 0 Å². The van der Waals surface area contributed by atoms with Crippen molar-refractivity contribution in [2.24, 2.45) is 0 Å². The topological polar surface area (TPSA) is 91.2 Å². The molecule has 5 heterocycles. The quantitative estimate of drug-likeness (QED) is 0.568. The summed E-state index contributed by atoms with van der Waals surface area (Å²) in [5.41, 5.74) is 2.65. The Morgan fingerprint density at radius 3 is 2.58 bits per heavy atom. The van der Waals surface area contributed by atoms with E-state index in [9.17, 15) is 4.79 Å². The number of nitrogens with one attached hydrogen (secondary N) is 2. The minimum absolute atomic E-state index is 0.0263. The van der Waals surface area contributed by atoms with Gasteiger partial charge >= 0.3 is 0 Å². The van der Waals surface area contributed by atoms with Gasteiger partial charge in [0.05, 0.1) is 5.54 Å². The molecule has 3 aromatic rings. The van der Waals surface area contributed by atoms with E-state index in [0.29, 0.717) is 24.2 Å². The normalized spacial score (nSPS) is 20.6. The molecule has 190 valence electrons. The predicted molar refractivity (Wildman–Crippen MR) is 140 cm³/mol. The number of rotatable bonds is 5. The molecule has 2 aliphatic heterocycles. The van der Waals surface area contributed by atoms with E-state index >= 15 is 0 Å². The summed E-state index contributed by atoms with van der Waals surface area (Å²) in [5.74, 6) is 1.20. The van der Waals surface area contributed by atoms with Crippen LogP contribution in [0, 0.1) is 0 Å². The van der Waals surface area contributed by atoms with Gasteiger partial charge in [-0.2, -0.15) is 4.98 Å². The Bertz CT molecular complexity index is 1240. The number of nitrogens with zero attached hydrogens (tertiary/aromatic N) is 6. The summed E-state index contributed by atoms with van der Waals surface area (Å²) in [5, 5.41) is 7.29. The molecular formula is C27H36N8O. The number of hydrogen-bond donors (Lipinski definition) is 2. The Kier molecular flexibility index (Phi) is 6.13. The Hall–Kier alpha value is -3.04. The van der Waals surface area contributed by atoms with Crippen LogP contribution in [-0.2, 0) is 12.1 Å². The summed E-state index contributed by atoms with van der Waals surface area (Å²) in [6.07, 6.45) is 9.48. The Labute approximate surface area is 212 Å². The van der Waals surface area contributed by atoms with Gasteiger partial charge in [-0.1, -0.05) is 25.3 Å². The van der Waals surface area contributed by atoms with Gasteiger partial charge in [-0.15, -0.1) is 0 Å². The van der Waals surface area contributed by atoms with Gasteiger partial charge in [0.1, 0.15) is 17.2 Å². The summed E-state index contributed by atoms with van der Waals surface area (Å²) in [6, 6.07) is 6.67. The maximum Gasteiger partial charge on any atom is 0.268 e. The molecular weight excluding hydrogens is 452 g/mol. The second-order valence-corrected chi connectivity index (χ2v) is 10.9. The monoisotopic (exact) mass is 488 g/mol. The molecule has 1 saturated carbocycles. The highest BCUT2D eigenvalue weighted by Gasteiger charge is 2.41. The van der Waals surface area contributed by atoms with E-state index in [0.717, 1.165) is 62.4 Å². The zero-order valence-corrected chi connectivity index (χ0v) is 21.3. The number of hydrogen-bond acceptors (Lipinski definition) is 7. The van der Waals surface area contributed by atoms with E-state index in [1.807, 2.05) is 24.5 Å². The first-order valence-corrected chi connectivity index (χ1v) is 13.4. The molecule has 3 aliphatic rings. The van der Waals surface area contributed by atoms with Gasteiger partial charge in [0, 0.05) is 63.1 Å². The zero-order chi connectivity index (χ0) is 24.7. The fourth-order valence-electron chi connectivity index (χ4n) is 6.12. The van der Waals surface area contributed by atoms with Gasteiger partial charge in [0.2, 0.25) is 5.95 Å². The molecule has 9 heteroatoms. The molecule has 1 spiro atoms. The summed E-state index contributed by atoms with van der Waals surface area (Å²) in [7, 11) is 0. The van der Waals surface area contributed by atoms with Crippen molar-refractivity contribution < 1.29 is 4.79 Å². The molecule has 1 aliphatic carbocycles. The number of pyridine rings is 1. The van der Waals surface area contributed by atoms with Gasteiger partial charge in [0.25, 0.3) is 5.91 Å². The number of carbonyl (C=O) groups excluding carboxylic acids is 1. The van der Waals surface area contributed by atoms with Gasteiger partial charge < -0.3 is 15.2 Å². The second kappa shape index (κ2) is 9.44. The second-order valence-electron chi connectivity index (χ2n) is 10.9. The summed E-state index contributed by atoms with van der Waals surface area (Å²) in [4.78, 5) is 31.7. The zero-order valence-electron chi connectivity index (χ0n) is 21.3. The van der Waals surface area contributed by atoms with Crippen molar-refractivity contribution in [3.05, 3.63) is 41.9 Å². The maximum absolute atomic E-state index is 12.7. The van der Waals surface area contributed by atoms with Crippen LogP contribution in [0.4, 0.5) is 11.8 Å². The largest absolute Gasteiger partial charge is 0.348 e.